The average molecular weight is 477 g/mol. The number of thiazole rings is 1. The van der Waals surface area contributed by atoms with Gasteiger partial charge in [0, 0.05) is 16.0 Å². The normalized spacial score (nSPS) is 16.6. The van der Waals surface area contributed by atoms with Crippen LogP contribution in [0.25, 0.3) is 10.2 Å². The number of carbonyl (C=O) groups excluding carboxylic acids is 1. The summed E-state index contributed by atoms with van der Waals surface area (Å²) < 4.78 is 7.88. The molecular formula is C21H21BrN2O2S2. The number of ether oxygens (including phenoxy) is 1. The van der Waals surface area contributed by atoms with E-state index >= 15 is 0 Å². The number of rotatable bonds is 6. The maximum absolute atomic E-state index is 13.1. The van der Waals surface area contributed by atoms with E-state index < -0.39 is 0 Å². The first kappa shape index (κ1) is 19.9. The number of amides is 1. The average Bonchev–Trinajstić information content (AvgIpc) is 3.34. The second kappa shape index (κ2) is 8.95. The van der Waals surface area contributed by atoms with Crippen molar-refractivity contribution in [2.75, 3.05) is 23.8 Å². The highest BCUT2D eigenvalue weighted by atomic mass is 79.9. The van der Waals surface area contributed by atoms with Crippen molar-refractivity contribution >= 4 is 60.3 Å². The topological polar surface area (TPSA) is 42.4 Å². The number of hydrogen-bond acceptors (Lipinski definition) is 5. The maximum Gasteiger partial charge on any atom is 0.239 e. The lowest BCUT2D eigenvalue weighted by atomic mass is 10.2. The van der Waals surface area contributed by atoms with E-state index in [9.17, 15) is 4.79 Å². The van der Waals surface area contributed by atoms with E-state index in [1.54, 1.807) is 23.1 Å². The SMILES string of the molecule is Cc1ccc(SCC(=O)N(CC2CCCO2)c2nc3ccc(Br)cc3s2)cc1. The number of nitrogens with zero attached hydrogens (tertiary/aromatic N) is 2. The summed E-state index contributed by atoms with van der Waals surface area (Å²) >= 11 is 6.63. The first-order valence-electron chi connectivity index (χ1n) is 9.26. The van der Waals surface area contributed by atoms with Crippen LogP contribution in [0.4, 0.5) is 5.13 Å². The second-order valence-corrected chi connectivity index (χ2v) is 9.82. The van der Waals surface area contributed by atoms with Crippen molar-refractivity contribution < 1.29 is 9.53 Å². The molecule has 7 heteroatoms. The van der Waals surface area contributed by atoms with Crippen LogP contribution in [0.15, 0.2) is 51.8 Å². The Hall–Kier alpha value is -1.41. The van der Waals surface area contributed by atoms with Crippen molar-refractivity contribution in [3.05, 3.63) is 52.5 Å². The summed E-state index contributed by atoms with van der Waals surface area (Å²) in [6, 6.07) is 14.3. The predicted octanol–water partition coefficient (Wildman–Crippen LogP) is 5.67. The van der Waals surface area contributed by atoms with Gasteiger partial charge in [0.05, 0.1) is 28.6 Å². The Balaban J connectivity index is 1.54. The monoisotopic (exact) mass is 476 g/mol. The van der Waals surface area contributed by atoms with Gasteiger partial charge in [-0.1, -0.05) is 45.0 Å². The van der Waals surface area contributed by atoms with Crippen LogP contribution in [0, 0.1) is 6.92 Å². The van der Waals surface area contributed by atoms with Crippen molar-refractivity contribution in [3.8, 4) is 0 Å². The molecule has 0 radical (unpaired) electrons. The fourth-order valence-electron chi connectivity index (χ4n) is 3.14. The van der Waals surface area contributed by atoms with Gasteiger partial charge in [-0.2, -0.15) is 0 Å². The molecule has 1 atom stereocenters. The Kier molecular flexibility index (Phi) is 6.35. The molecule has 2 heterocycles. The third kappa shape index (κ3) is 4.76. The zero-order valence-corrected chi connectivity index (χ0v) is 18.8. The fourth-order valence-corrected chi connectivity index (χ4v) is 5.46. The van der Waals surface area contributed by atoms with E-state index in [0.717, 1.165) is 44.2 Å². The number of anilines is 1. The lowest BCUT2D eigenvalue weighted by Crippen LogP contribution is -2.38. The number of fused-ring (bicyclic) bond motifs is 1. The molecule has 4 rings (SSSR count). The highest BCUT2D eigenvalue weighted by Gasteiger charge is 2.26. The lowest BCUT2D eigenvalue weighted by molar-refractivity contribution is -0.116. The van der Waals surface area contributed by atoms with Crippen molar-refractivity contribution in [2.45, 2.75) is 30.8 Å². The van der Waals surface area contributed by atoms with E-state index in [1.807, 2.05) is 23.1 Å². The minimum Gasteiger partial charge on any atom is -0.376 e. The summed E-state index contributed by atoms with van der Waals surface area (Å²) in [5.74, 6) is 0.453. The van der Waals surface area contributed by atoms with Crippen LogP contribution in [0.1, 0.15) is 18.4 Å². The van der Waals surface area contributed by atoms with Crippen molar-refractivity contribution in [1.29, 1.82) is 0 Å². The fraction of sp³-hybridized carbons (Fsp3) is 0.333. The molecule has 0 aliphatic carbocycles. The summed E-state index contributed by atoms with van der Waals surface area (Å²) in [7, 11) is 0. The molecule has 146 valence electrons. The van der Waals surface area contributed by atoms with Crippen LogP contribution in [0.3, 0.4) is 0 Å². The Morgan fingerprint density at radius 2 is 2.14 bits per heavy atom. The first-order valence-corrected chi connectivity index (χ1v) is 11.9. The zero-order chi connectivity index (χ0) is 19.5. The smallest absolute Gasteiger partial charge is 0.239 e. The van der Waals surface area contributed by atoms with Crippen molar-refractivity contribution in [2.24, 2.45) is 0 Å². The quantitative estimate of drug-likeness (QED) is 0.429. The van der Waals surface area contributed by atoms with Crippen LogP contribution in [-0.4, -0.2) is 35.9 Å². The minimum atomic E-state index is 0.0687. The Bertz CT molecular complexity index is 968. The molecule has 28 heavy (non-hydrogen) atoms. The molecule has 0 saturated carbocycles. The molecule has 1 aliphatic rings. The maximum atomic E-state index is 13.1. The number of aryl methyl sites for hydroxylation is 1. The number of thioether (sulfide) groups is 1. The van der Waals surface area contributed by atoms with E-state index in [1.165, 1.54) is 5.56 Å². The zero-order valence-electron chi connectivity index (χ0n) is 15.6. The number of halogens is 1. The Morgan fingerprint density at radius 3 is 2.89 bits per heavy atom. The molecule has 1 aromatic heterocycles. The van der Waals surface area contributed by atoms with E-state index in [0.29, 0.717) is 12.3 Å². The summed E-state index contributed by atoms with van der Waals surface area (Å²) in [5.41, 5.74) is 2.14. The first-order chi connectivity index (χ1) is 13.6. The largest absolute Gasteiger partial charge is 0.376 e. The van der Waals surface area contributed by atoms with E-state index in [2.05, 4.69) is 47.1 Å². The van der Waals surface area contributed by atoms with Crippen LogP contribution < -0.4 is 4.90 Å². The van der Waals surface area contributed by atoms with E-state index in [4.69, 9.17) is 9.72 Å². The van der Waals surface area contributed by atoms with Crippen molar-refractivity contribution in [1.82, 2.24) is 4.98 Å². The number of carbonyl (C=O) groups is 1. The molecule has 2 aromatic carbocycles. The van der Waals surface area contributed by atoms with Gasteiger partial charge in [-0.15, -0.1) is 11.8 Å². The molecule has 0 N–H and O–H groups in total. The van der Waals surface area contributed by atoms with Gasteiger partial charge in [0.2, 0.25) is 5.91 Å². The van der Waals surface area contributed by atoms with E-state index in [-0.39, 0.29) is 12.0 Å². The number of hydrogen-bond donors (Lipinski definition) is 0. The van der Waals surface area contributed by atoms with Gasteiger partial charge in [-0.05, 0) is 50.1 Å². The van der Waals surface area contributed by atoms with Gasteiger partial charge in [0.25, 0.3) is 0 Å². The Labute approximate surface area is 181 Å². The van der Waals surface area contributed by atoms with Gasteiger partial charge in [0.1, 0.15) is 0 Å². The van der Waals surface area contributed by atoms with Crippen LogP contribution in [0.5, 0.6) is 0 Å². The highest BCUT2D eigenvalue weighted by molar-refractivity contribution is 9.10. The summed E-state index contributed by atoms with van der Waals surface area (Å²) in [6.07, 6.45) is 2.13. The summed E-state index contributed by atoms with van der Waals surface area (Å²) in [5, 5.41) is 0.748. The molecule has 4 nitrogen and oxygen atoms in total. The highest BCUT2D eigenvalue weighted by Crippen LogP contribution is 2.32. The molecule has 1 saturated heterocycles. The third-order valence-electron chi connectivity index (χ3n) is 4.66. The summed E-state index contributed by atoms with van der Waals surface area (Å²) in [6.45, 7) is 3.40. The van der Waals surface area contributed by atoms with Crippen LogP contribution in [-0.2, 0) is 9.53 Å². The molecule has 1 amide bonds. The molecule has 0 spiro atoms. The van der Waals surface area contributed by atoms with Crippen molar-refractivity contribution in [3.63, 3.8) is 0 Å². The molecule has 1 aliphatic heterocycles. The molecule has 1 unspecified atom stereocenters. The number of benzene rings is 2. The minimum absolute atomic E-state index is 0.0687. The second-order valence-electron chi connectivity index (χ2n) is 6.85. The van der Waals surface area contributed by atoms with Gasteiger partial charge >= 0.3 is 0 Å². The van der Waals surface area contributed by atoms with Gasteiger partial charge in [-0.3, -0.25) is 9.69 Å². The third-order valence-corrected chi connectivity index (χ3v) is 7.20. The van der Waals surface area contributed by atoms with Crippen LogP contribution in [0.2, 0.25) is 0 Å². The van der Waals surface area contributed by atoms with Gasteiger partial charge < -0.3 is 4.74 Å². The van der Waals surface area contributed by atoms with Crippen LogP contribution >= 0.6 is 39.0 Å². The summed E-state index contributed by atoms with van der Waals surface area (Å²) in [4.78, 5) is 20.8. The Morgan fingerprint density at radius 1 is 1.32 bits per heavy atom. The molecule has 1 fully saturated rings. The van der Waals surface area contributed by atoms with Gasteiger partial charge in [-0.25, -0.2) is 4.98 Å². The molecule has 0 bridgehead atoms. The standard InChI is InChI=1S/C21H21BrN2O2S2/c1-14-4-7-17(8-5-14)27-13-20(25)24(12-16-3-2-10-26-16)21-23-18-9-6-15(22)11-19(18)28-21/h4-9,11,16H,2-3,10,12-13H2,1H3. The molecular weight excluding hydrogens is 456 g/mol. The number of aromatic nitrogens is 1. The van der Waals surface area contributed by atoms with Gasteiger partial charge in [0.15, 0.2) is 5.13 Å². The molecule has 3 aromatic rings. The lowest BCUT2D eigenvalue weighted by Gasteiger charge is -2.23. The predicted molar refractivity (Wildman–Crippen MR) is 121 cm³/mol.